The Balaban J connectivity index is 2.14. The second-order valence-electron chi connectivity index (χ2n) is 5.99. The Kier molecular flexibility index (Phi) is 4.78. The van der Waals surface area contributed by atoms with Crippen molar-refractivity contribution < 1.29 is 17.8 Å². The number of carbonyl (C=O) groups excluding carboxylic acids is 1. The SMILES string of the molecule is CCCc1cccc(-c2cc(N3CCNC3=O)ccc2S(=O)(=O)O)c1. The first-order chi connectivity index (χ1) is 11.9. The molecule has 1 heterocycles. The molecule has 2 amide bonds. The van der Waals surface area contributed by atoms with Gasteiger partial charge in [0, 0.05) is 24.3 Å². The van der Waals surface area contributed by atoms with Crippen LogP contribution in [-0.2, 0) is 16.5 Å². The Labute approximate surface area is 147 Å². The summed E-state index contributed by atoms with van der Waals surface area (Å²) in [6.07, 6.45) is 1.85. The molecule has 0 spiro atoms. The van der Waals surface area contributed by atoms with Gasteiger partial charge >= 0.3 is 6.03 Å². The van der Waals surface area contributed by atoms with Crippen molar-refractivity contribution in [3.8, 4) is 11.1 Å². The van der Waals surface area contributed by atoms with Gasteiger partial charge < -0.3 is 5.32 Å². The highest BCUT2D eigenvalue weighted by atomic mass is 32.2. The molecule has 2 N–H and O–H groups in total. The highest BCUT2D eigenvalue weighted by molar-refractivity contribution is 7.86. The molecule has 0 bridgehead atoms. The number of hydrogen-bond donors (Lipinski definition) is 2. The molecule has 0 aliphatic carbocycles. The lowest BCUT2D eigenvalue weighted by atomic mass is 10.0. The summed E-state index contributed by atoms with van der Waals surface area (Å²) in [6.45, 7) is 3.13. The zero-order valence-corrected chi connectivity index (χ0v) is 14.7. The maximum Gasteiger partial charge on any atom is 0.321 e. The smallest absolute Gasteiger partial charge is 0.321 e. The van der Waals surface area contributed by atoms with E-state index in [0.29, 0.717) is 29.9 Å². The van der Waals surface area contributed by atoms with E-state index in [1.54, 1.807) is 17.0 Å². The highest BCUT2D eigenvalue weighted by Crippen LogP contribution is 2.32. The van der Waals surface area contributed by atoms with Crippen molar-refractivity contribution in [1.29, 1.82) is 0 Å². The largest absolute Gasteiger partial charge is 0.336 e. The standard InChI is InChI=1S/C18H20N2O4S/c1-2-4-13-5-3-6-14(11-13)16-12-15(20-10-9-19-18(20)21)7-8-17(16)25(22,23)24/h3,5-8,11-12H,2,4,9-10H2,1H3,(H,19,21)(H,22,23,24). The van der Waals surface area contributed by atoms with Crippen molar-refractivity contribution in [3.63, 3.8) is 0 Å². The fourth-order valence-corrected chi connectivity index (χ4v) is 3.73. The average Bonchev–Trinajstić information content (AvgIpc) is 3.00. The molecule has 6 nitrogen and oxygen atoms in total. The predicted molar refractivity (Wildman–Crippen MR) is 96.4 cm³/mol. The van der Waals surface area contributed by atoms with E-state index < -0.39 is 10.1 Å². The van der Waals surface area contributed by atoms with Crippen LogP contribution in [0.1, 0.15) is 18.9 Å². The number of aryl methyl sites for hydroxylation is 1. The highest BCUT2D eigenvalue weighted by Gasteiger charge is 2.24. The Bertz CT molecular complexity index is 909. The topological polar surface area (TPSA) is 86.7 Å². The monoisotopic (exact) mass is 360 g/mol. The third-order valence-corrected chi connectivity index (χ3v) is 5.10. The molecule has 0 aromatic heterocycles. The molecule has 2 aromatic carbocycles. The number of rotatable bonds is 5. The van der Waals surface area contributed by atoms with Crippen LogP contribution in [-0.4, -0.2) is 32.1 Å². The number of urea groups is 1. The first kappa shape index (κ1) is 17.4. The first-order valence-electron chi connectivity index (χ1n) is 8.16. The molecular formula is C18H20N2O4S. The van der Waals surface area contributed by atoms with Gasteiger partial charge in [0.2, 0.25) is 0 Å². The molecule has 0 atom stereocenters. The van der Waals surface area contributed by atoms with Gasteiger partial charge in [0.1, 0.15) is 4.90 Å². The van der Waals surface area contributed by atoms with E-state index in [0.717, 1.165) is 18.4 Å². The van der Waals surface area contributed by atoms with Gasteiger partial charge in [0.25, 0.3) is 10.1 Å². The summed E-state index contributed by atoms with van der Waals surface area (Å²) in [5, 5.41) is 2.72. The molecule has 3 rings (SSSR count). The minimum atomic E-state index is -4.38. The van der Waals surface area contributed by atoms with E-state index in [1.165, 1.54) is 12.1 Å². The van der Waals surface area contributed by atoms with Gasteiger partial charge in [-0.2, -0.15) is 8.42 Å². The maximum atomic E-state index is 11.9. The summed E-state index contributed by atoms with van der Waals surface area (Å²) in [4.78, 5) is 13.3. The van der Waals surface area contributed by atoms with E-state index in [2.05, 4.69) is 12.2 Å². The lowest BCUT2D eigenvalue weighted by Gasteiger charge is -2.17. The molecule has 1 saturated heterocycles. The van der Waals surface area contributed by atoms with E-state index in [1.807, 2.05) is 18.2 Å². The predicted octanol–water partition coefficient (Wildman–Crippen LogP) is 3.08. The van der Waals surface area contributed by atoms with E-state index in [9.17, 15) is 17.8 Å². The molecule has 25 heavy (non-hydrogen) atoms. The van der Waals surface area contributed by atoms with E-state index in [-0.39, 0.29) is 10.9 Å². The molecule has 0 saturated carbocycles. The summed E-state index contributed by atoms with van der Waals surface area (Å²) in [7, 11) is -4.38. The van der Waals surface area contributed by atoms with Gasteiger partial charge in [0.05, 0.1) is 0 Å². The molecule has 7 heteroatoms. The van der Waals surface area contributed by atoms with Gasteiger partial charge in [-0.05, 0) is 35.7 Å². The van der Waals surface area contributed by atoms with Crippen LogP contribution in [0.15, 0.2) is 47.4 Å². The van der Waals surface area contributed by atoms with Gasteiger partial charge in [-0.1, -0.05) is 37.6 Å². The summed E-state index contributed by atoms with van der Waals surface area (Å²) >= 11 is 0. The lowest BCUT2D eigenvalue weighted by molar-refractivity contribution is 0.252. The summed E-state index contributed by atoms with van der Waals surface area (Å²) in [6, 6.07) is 11.9. The molecule has 1 aliphatic heterocycles. The molecule has 2 aromatic rings. The number of hydrogen-bond acceptors (Lipinski definition) is 3. The van der Waals surface area contributed by atoms with Crippen LogP contribution in [0, 0.1) is 0 Å². The molecule has 132 valence electrons. The molecule has 0 unspecified atom stereocenters. The third-order valence-electron chi connectivity index (χ3n) is 4.19. The minimum Gasteiger partial charge on any atom is -0.336 e. The fourth-order valence-electron chi connectivity index (χ4n) is 3.04. The van der Waals surface area contributed by atoms with Crippen molar-refractivity contribution in [3.05, 3.63) is 48.0 Å². The van der Waals surface area contributed by atoms with Gasteiger partial charge in [0.15, 0.2) is 0 Å². The second-order valence-corrected chi connectivity index (χ2v) is 7.38. The lowest BCUT2D eigenvalue weighted by Crippen LogP contribution is -2.27. The number of carbonyl (C=O) groups is 1. The average molecular weight is 360 g/mol. The molecule has 1 fully saturated rings. The van der Waals surface area contributed by atoms with Gasteiger partial charge in [-0.25, -0.2) is 4.79 Å². The zero-order valence-electron chi connectivity index (χ0n) is 13.9. The Morgan fingerprint density at radius 2 is 2.00 bits per heavy atom. The van der Waals surface area contributed by atoms with Crippen molar-refractivity contribution >= 4 is 21.8 Å². The first-order valence-corrected chi connectivity index (χ1v) is 9.60. The van der Waals surface area contributed by atoms with Crippen LogP contribution in [0.2, 0.25) is 0 Å². The molecular weight excluding hydrogens is 340 g/mol. The number of anilines is 1. The Hall–Kier alpha value is -2.38. The summed E-state index contributed by atoms with van der Waals surface area (Å²) < 4.78 is 33.2. The van der Waals surface area contributed by atoms with E-state index >= 15 is 0 Å². The van der Waals surface area contributed by atoms with Crippen LogP contribution in [0.25, 0.3) is 11.1 Å². The van der Waals surface area contributed by atoms with Crippen molar-refractivity contribution in [2.45, 2.75) is 24.7 Å². The van der Waals surface area contributed by atoms with Crippen LogP contribution < -0.4 is 10.2 Å². The van der Waals surface area contributed by atoms with E-state index in [4.69, 9.17) is 0 Å². The second kappa shape index (κ2) is 6.85. The van der Waals surface area contributed by atoms with Crippen molar-refractivity contribution in [1.82, 2.24) is 5.32 Å². The zero-order chi connectivity index (χ0) is 18.0. The van der Waals surface area contributed by atoms with Crippen LogP contribution in [0.4, 0.5) is 10.5 Å². The van der Waals surface area contributed by atoms with Crippen LogP contribution in [0.5, 0.6) is 0 Å². The quantitative estimate of drug-likeness (QED) is 0.802. The Morgan fingerprint density at radius 3 is 2.64 bits per heavy atom. The normalized spacial score (nSPS) is 14.6. The molecule has 0 radical (unpaired) electrons. The van der Waals surface area contributed by atoms with Gasteiger partial charge in [-0.15, -0.1) is 0 Å². The van der Waals surface area contributed by atoms with Crippen LogP contribution in [0.3, 0.4) is 0 Å². The number of nitrogens with zero attached hydrogens (tertiary/aromatic N) is 1. The minimum absolute atomic E-state index is 0.162. The van der Waals surface area contributed by atoms with Crippen molar-refractivity contribution in [2.75, 3.05) is 18.0 Å². The maximum absolute atomic E-state index is 11.9. The van der Waals surface area contributed by atoms with Crippen molar-refractivity contribution in [2.24, 2.45) is 0 Å². The van der Waals surface area contributed by atoms with Gasteiger partial charge in [-0.3, -0.25) is 9.45 Å². The van der Waals surface area contributed by atoms with Crippen LogP contribution >= 0.6 is 0 Å². The number of amides is 2. The number of nitrogens with one attached hydrogen (secondary N) is 1. The third kappa shape index (κ3) is 3.67. The molecule has 1 aliphatic rings. The summed E-state index contributed by atoms with van der Waals surface area (Å²) in [5.41, 5.74) is 2.77. The number of benzene rings is 2. The summed E-state index contributed by atoms with van der Waals surface area (Å²) in [5.74, 6) is 0. The Morgan fingerprint density at radius 1 is 1.20 bits per heavy atom. The fraction of sp³-hybridized carbons (Fsp3) is 0.278.